The van der Waals surface area contributed by atoms with Crippen LogP contribution in [0, 0.1) is 0 Å². The molecule has 2 aliphatic heterocycles. The number of nitrogens with zero attached hydrogens (tertiary/aromatic N) is 2. The summed E-state index contributed by atoms with van der Waals surface area (Å²) in [6.45, 7) is 6.74. The molecule has 2 aromatic rings. The highest BCUT2D eigenvalue weighted by Crippen LogP contribution is 2.39. The average molecular weight is 479 g/mol. The fraction of sp³-hybridized carbons (Fsp3) is 0.429. The van der Waals surface area contributed by atoms with E-state index in [1.54, 1.807) is 29.2 Å². The van der Waals surface area contributed by atoms with Crippen molar-refractivity contribution < 1.29 is 24.2 Å². The molecule has 1 atom stereocenters. The smallest absolute Gasteiger partial charge is 0.295 e. The van der Waals surface area contributed by atoms with Crippen LogP contribution in [0.4, 0.5) is 0 Å². The number of carbonyl (C=O) groups is 2. The van der Waals surface area contributed by atoms with Crippen molar-refractivity contribution in [1.82, 2.24) is 9.80 Å². The molecule has 2 saturated heterocycles. The van der Waals surface area contributed by atoms with Gasteiger partial charge in [0.2, 0.25) is 0 Å². The summed E-state index contributed by atoms with van der Waals surface area (Å²) in [5.74, 6) is -0.639. The average Bonchev–Trinajstić information content (AvgIpc) is 3.16. The number of aliphatic hydroxyl groups is 1. The topological polar surface area (TPSA) is 79.3 Å². The third-order valence-electron chi connectivity index (χ3n) is 6.56. The zero-order valence-electron chi connectivity index (χ0n) is 20.3. The second kappa shape index (κ2) is 12.0. The van der Waals surface area contributed by atoms with Crippen LogP contribution in [0.1, 0.15) is 43.4 Å². The lowest BCUT2D eigenvalue weighted by Gasteiger charge is -2.31. The Hall–Kier alpha value is -3.16. The maximum atomic E-state index is 13.2. The molecule has 0 radical (unpaired) electrons. The van der Waals surface area contributed by atoms with Gasteiger partial charge in [0, 0.05) is 31.7 Å². The number of aliphatic hydroxyl groups excluding tert-OH is 1. The van der Waals surface area contributed by atoms with Gasteiger partial charge < -0.3 is 19.5 Å². The molecule has 2 fully saturated rings. The monoisotopic (exact) mass is 478 g/mol. The lowest BCUT2D eigenvalue weighted by atomic mass is 9.95. The van der Waals surface area contributed by atoms with Crippen molar-refractivity contribution in [2.75, 3.05) is 46.0 Å². The number of ether oxygens (including phenoxy) is 2. The van der Waals surface area contributed by atoms with Crippen LogP contribution >= 0.6 is 0 Å². The summed E-state index contributed by atoms with van der Waals surface area (Å²) < 4.78 is 11.3. The van der Waals surface area contributed by atoms with E-state index in [1.807, 2.05) is 30.3 Å². The van der Waals surface area contributed by atoms with Crippen LogP contribution in [0.3, 0.4) is 0 Å². The molecular weight excluding hydrogens is 444 g/mol. The van der Waals surface area contributed by atoms with E-state index < -0.39 is 17.7 Å². The van der Waals surface area contributed by atoms with Crippen LogP contribution in [0.25, 0.3) is 5.76 Å². The van der Waals surface area contributed by atoms with E-state index in [9.17, 15) is 14.7 Å². The van der Waals surface area contributed by atoms with Crippen molar-refractivity contribution in [1.29, 1.82) is 0 Å². The first-order valence-corrected chi connectivity index (χ1v) is 12.5. The molecule has 0 bridgehead atoms. The first kappa shape index (κ1) is 24.9. The highest BCUT2D eigenvalue weighted by molar-refractivity contribution is 6.46. The van der Waals surface area contributed by atoms with Crippen molar-refractivity contribution in [2.24, 2.45) is 0 Å². The fourth-order valence-electron chi connectivity index (χ4n) is 4.57. The Kier molecular flexibility index (Phi) is 8.55. The highest BCUT2D eigenvalue weighted by Gasteiger charge is 2.46. The van der Waals surface area contributed by atoms with Crippen molar-refractivity contribution >= 4 is 17.4 Å². The van der Waals surface area contributed by atoms with E-state index in [-0.39, 0.29) is 11.3 Å². The summed E-state index contributed by atoms with van der Waals surface area (Å²) in [5.41, 5.74) is 1.41. The number of likely N-dealkylation sites (tertiary alicyclic amines) is 1. The molecule has 0 spiro atoms. The lowest BCUT2D eigenvalue weighted by molar-refractivity contribution is -0.140. The molecule has 2 heterocycles. The molecule has 2 aliphatic rings. The number of ketones is 1. The SMILES string of the molecule is CCCCCOc1ccc(C2/C(=C(\O)c3ccccc3)C(=O)C(=O)N2CCN2CCOCC2)cc1. The predicted molar refractivity (Wildman–Crippen MR) is 134 cm³/mol. The second-order valence-electron chi connectivity index (χ2n) is 8.94. The Bertz CT molecular complexity index is 1030. The van der Waals surface area contributed by atoms with Crippen molar-refractivity contribution in [3.05, 3.63) is 71.3 Å². The van der Waals surface area contributed by atoms with Gasteiger partial charge in [0.05, 0.1) is 31.4 Å². The van der Waals surface area contributed by atoms with E-state index >= 15 is 0 Å². The number of rotatable bonds is 10. The zero-order valence-corrected chi connectivity index (χ0v) is 20.3. The van der Waals surface area contributed by atoms with Crippen LogP contribution in [0.15, 0.2) is 60.2 Å². The molecule has 1 unspecified atom stereocenters. The van der Waals surface area contributed by atoms with E-state index in [1.165, 1.54) is 0 Å². The normalized spacial score (nSPS) is 20.4. The summed E-state index contributed by atoms with van der Waals surface area (Å²) in [6.07, 6.45) is 3.25. The van der Waals surface area contributed by atoms with Crippen molar-refractivity contribution in [3.8, 4) is 5.75 Å². The number of morpholine rings is 1. The van der Waals surface area contributed by atoms with Gasteiger partial charge in [-0.05, 0) is 24.1 Å². The maximum Gasteiger partial charge on any atom is 0.295 e. The number of Topliss-reactive ketones (excluding diaryl/α,β-unsaturated/α-hetero) is 1. The van der Waals surface area contributed by atoms with Gasteiger partial charge in [-0.1, -0.05) is 62.2 Å². The van der Waals surface area contributed by atoms with Crippen LogP contribution in [-0.2, 0) is 14.3 Å². The summed E-state index contributed by atoms with van der Waals surface area (Å²) in [6, 6.07) is 15.7. The van der Waals surface area contributed by atoms with Gasteiger partial charge in [0.15, 0.2) is 0 Å². The van der Waals surface area contributed by atoms with E-state index in [4.69, 9.17) is 9.47 Å². The zero-order chi connectivity index (χ0) is 24.6. The standard InChI is InChI=1S/C28H34N2O5/c1-2-3-7-18-35-23-12-10-21(11-13-23)25-24(26(31)22-8-5-4-6-9-22)27(32)28(33)30(25)15-14-29-16-19-34-20-17-29/h4-6,8-13,25,31H,2-3,7,14-20H2,1H3/b26-24+. The number of hydrogen-bond donors (Lipinski definition) is 1. The van der Waals surface area contributed by atoms with Gasteiger partial charge >= 0.3 is 0 Å². The largest absolute Gasteiger partial charge is 0.507 e. The van der Waals surface area contributed by atoms with Crippen molar-refractivity contribution in [3.63, 3.8) is 0 Å². The molecule has 7 heteroatoms. The fourth-order valence-corrected chi connectivity index (χ4v) is 4.57. The molecule has 2 aromatic carbocycles. The first-order valence-electron chi connectivity index (χ1n) is 12.5. The number of unbranched alkanes of at least 4 members (excludes halogenated alkanes) is 2. The van der Waals surface area contributed by atoms with Gasteiger partial charge in [-0.25, -0.2) is 0 Å². The van der Waals surface area contributed by atoms with Crippen LogP contribution in [0.5, 0.6) is 5.75 Å². The summed E-state index contributed by atoms with van der Waals surface area (Å²) >= 11 is 0. The number of carbonyl (C=O) groups excluding carboxylic acids is 2. The molecule has 1 amide bonds. The van der Waals surface area contributed by atoms with E-state index in [0.717, 1.165) is 43.7 Å². The Labute approximate surface area is 206 Å². The lowest BCUT2D eigenvalue weighted by Crippen LogP contribution is -2.42. The first-order chi connectivity index (χ1) is 17.1. The van der Waals surface area contributed by atoms with Crippen LogP contribution in [0.2, 0.25) is 0 Å². The molecule has 0 saturated carbocycles. The minimum Gasteiger partial charge on any atom is -0.507 e. The molecule has 1 N–H and O–H groups in total. The van der Waals surface area contributed by atoms with Crippen LogP contribution < -0.4 is 4.74 Å². The van der Waals surface area contributed by atoms with Gasteiger partial charge in [-0.3, -0.25) is 14.5 Å². The molecule has 4 rings (SSSR count). The highest BCUT2D eigenvalue weighted by atomic mass is 16.5. The van der Waals surface area contributed by atoms with Crippen molar-refractivity contribution in [2.45, 2.75) is 32.2 Å². The minimum absolute atomic E-state index is 0.125. The van der Waals surface area contributed by atoms with Gasteiger partial charge in [-0.2, -0.15) is 0 Å². The molecule has 0 aromatic heterocycles. The van der Waals surface area contributed by atoms with Crippen LogP contribution in [-0.4, -0.2) is 72.6 Å². The van der Waals surface area contributed by atoms with Gasteiger partial charge in [0.1, 0.15) is 11.5 Å². The third-order valence-corrected chi connectivity index (χ3v) is 6.56. The summed E-state index contributed by atoms with van der Waals surface area (Å²) in [7, 11) is 0. The Balaban J connectivity index is 1.63. The quantitative estimate of drug-likeness (QED) is 0.241. The minimum atomic E-state index is -0.662. The third kappa shape index (κ3) is 5.92. The molecule has 7 nitrogen and oxygen atoms in total. The summed E-state index contributed by atoms with van der Waals surface area (Å²) in [5, 5.41) is 11.1. The van der Waals surface area contributed by atoms with E-state index in [2.05, 4.69) is 11.8 Å². The predicted octanol–water partition coefficient (Wildman–Crippen LogP) is 4.01. The van der Waals surface area contributed by atoms with Gasteiger partial charge in [-0.15, -0.1) is 0 Å². The number of amides is 1. The molecule has 0 aliphatic carbocycles. The Morgan fingerprint density at radius 3 is 2.40 bits per heavy atom. The maximum absolute atomic E-state index is 13.2. The molecule has 186 valence electrons. The second-order valence-corrected chi connectivity index (χ2v) is 8.94. The number of benzene rings is 2. The molecular formula is C28H34N2O5. The summed E-state index contributed by atoms with van der Waals surface area (Å²) in [4.78, 5) is 30.1. The molecule has 35 heavy (non-hydrogen) atoms. The van der Waals surface area contributed by atoms with E-state index in [0.29, 0.717) is 38.5 Å². The van der Waals surface area contributed by atoms with Gasteiger partial charge in [0.25, 0.3) is 11.7 Å². The number of hydrogen-bond acceptors (Lipinski definition) is 6. The Morgan fingerprint density at radius 2 is 1.71 bits per heavy atom. The Morgan fingerprint density at radius 1 is 1.00 bits per heavy atom.